The predicted molar refractivity (Wildman–Crippen MR) is 103 cm³/mol. The number of halogens is 1. The van der Waals surface area contributed by atoms with E-state index >= 15 is 0 Å². The van der Waals surface area contributed by atoms with Crippen molar-refractivity contribution in [3.05, 3.63) is 59.1 Å². The molecule has 2 aromatic rings. The van der Waals surface area contributed by atoms with Crippen LogP contribution in [0.2, 0.25) is 5.02 Å². The fraction of sp³-hybridized carbons (Fsp3) is 0.278. The topological polar surface area (TPSA) is 83.1 Å². The second-order valence-corrected chi connectivity index (χ2v) is 8.67. The Kier molecular flexibility index (Phi) is 6.77. The molecular weight excluding hydrogens is 374 g/mol. The van der Waals surface area contributed by atoms with Gasteiger partial charge in [-0.05, 0) is 37.3 Å². The molecule has 1 amide bonds. The SMILES string of the molecule is C[C@@H]([NH2+]CC(=O)Nc1ccc(S(=O)(=O)N(C)C)cc1)c1ccccc1Cl. The number of quaternary nitrogens is 1. The van der Waals surface area contributed by atoms with E-state index in [0.717, 1.165) is 9.87 Å². The van der Waals surface area contributed by atoms with Gasteiger partial charge in [0.25, 0.3) is 5.91 Å². The van der Waals surface area contributed by atoms with E-state index in [9.17, 15) is 13.2 Å². The Morgan fingerprint density at radius 3 is 2.35 bits per heavy atom. The highest BCUT2D eigenvalue weighted by atomic mass is 35.5. The molecule has 0 heterocycles. The lowest BCUT2D eigenvalue weighted by Gasteiger charge is -2.13. The first kappa shape index (κ1) is 20.4. The fourth-order valence-corrected chi connectivity index (χ4v) is 3.60. The van der Waals surface area contributed by atoms with Gasteiger partial charge in [-0.2, -0.15) is 0 Å². The maximum atomic E-state index is 12.1. The summed E-state index contributed by atoms with van der Waals surface area (Å²) in [7, 11) is -0.530. The van der Waals surface area contributed by atoms with Gasteiger partial charge in [-0.3, -0.25) is 4.79 Å². The number of nitrogens with zero attached hydrogens (tertiary/aromatic N) is 1. The van der Waals surface area contributed by atoms with Crippen molar-refractivity contribution in [2.45, 2.75) is 17.9 Å². The zero-order chi connectivity index (χ0) is 19.3. The number of benzene rings is 2. The summed E-state index contributed by atoms with van der Waals surface area (Å²) < 4.78 is 25.2. The smallest absolute Gasteiger partial charge is 0.279 e. The summed E-state index contributed by atoms with van der Waals surface area (Å²) in [5.41, 5.74) is 1.52. The third kappa shape index (κ3) is 5.04. The van der Waals surface area contributed by atoms with Gasteiger partial charge in [-0.1, -0.05) is 29.8 Å². The average Bonchev–Trinajstić information content (AvgIpc) is 2.60. The molecule has 2 rings (SSSR count). The van der Waals surface area contributed by atoms with E-state index in [0.29, 0.717) is 10.7 Å². The number of nitrogens with one attached hydrogen (secondary N) is 1. The molecule has 140 valence electrons. The monoisotopic (exact) mass is 396 g/mol. The molecule has 6 nitrogen and oxygen atoms in total. The van der Waals surface area contributed by atoms with E-state index in [2.05, 4.69) is 5.32 Å². The minimum absolute atomic E-state index is 0.0436. The maximum absolute atomic E-state index is 12.1. The van der Waals surface area contributed by atoms with Crippen LogP contribution in [0.4, 0.5) is 5.69 Å². The molecule has 2 aromatic carbocycles. The molecule has 0 aliphatic heterocycles. The quantitative estimate of drug-likeness (QED) is 0.749. The van der Waals surface area contributed by atoms with Crippen LogP contribution in [0.15, 0.2) is 53.4 Å². The second-order valence-electron chi connectivity index (χ2n) is 6.11. The highest BCUT2D eigenvalue weighted by Gasteiger charge is 2.17. The first-order valence-electron chi connectivity index (χ1n) is 8.12. The summed E-state index contributed by atoms with van der Waals surface area (Å²) in [4.78, 5) is 12.3. The summed E-state index contributed by atoms with van der Waals surface area (Å²) in [5.74, 6) is -0.174. The molecule has 0 aliphatic rings. The molecule has 0 saturated carbocycles. The fourth-order valence-electron chi connectivity index (χ4n) is 2.39. The Labute approximate surface area is 159 Å². The van der Waals surface area contributed by atoms with Crippen LogP contribution in [0.25, 0.3) is 0 Å². The maximum Gasteiger partial charge on any atom is 0.279 e. The summed E-state index contributed by atoms with van der Waals surface area (Å²) in [5, 5.41) is 5.33. The highest BCUT2D eigenvalue weighted by molar-refractivity contribution is 7.89. The van der Waals surface area contributed by atoms with Gasteiger partial charge in [-0.15, -0.1) is 0 Å². The minimum atomic E-state index is -3.48. The Balaban J connectivity index is 1.93. The molecular formula is C18H23ClN3O3S+. The van der Waals surface area contributed by atoms with Crippen LogP contribution < -0.4 is 10.6 Å². The Bertz CT molecular complexity index is 868. The number of hydrogen-bond donors (Lipinski definition) is 2. The van der Waals surface area contributed by atoms with Crippen LogP contribution >= 0.6 is 11.6 Å². The van der Waals surface area contributed by atoms with E-state index in [1.165, 1.54) is 26.2 Å². The largest absolute Gasteiger partial charge is 0.332 e. The van der Waals surface area contributed by atoms with Crippen LogP contribution in [0.1, 0.15) is 18.5 Å². The van der Waals surface area contributed by atoms with E-state index in [4.69, 9.17) is 11.6 Å². The molecule has 0 fully saturated rings. The molecule has 26 heavy (non-hydrogen) atoms. The normalized spacial score (nSPS) is 12.8. The molecule has 0 aliphatic carbocycles. The molecule has 0 aromatic heterocycles. The van der Waals surface area contributed by atoms with E-state index in [-0.39, 0.29) is 23.4 Å². The van der Waals surface area contributed by atoms with Crippen LogP contribution in [-0.2, 0) is 14.8 Å². The number of amides is 1. The predicted octanol–water partition coefficient (Wildman–Crippen LogP) is 1.85. The van der Waals surface area contributed by atoms with Gasteiger partial charge in [0.1, 0.15) is 6.04 Å². The third-order valence-electron chi connectivity index (χ3n) is 3.97. The summed E-state index contributed by atoms with van der Waals surface area (Å²) in [6, 6.07) is 13.7. The van der Waals surface area contributed by atoms with E-state index < -0.39 is 10.0 Å². The number of nitrogens with two attached hydrogens (primary N) is 1. The Morgan fingerprint density at radius 2 is 1.77 bits per heavy atom. The van der Waals surface area contributed by atoms with Crippen molar-refractivity contribution in [3.63, 3.8) is 0 Å². The van der Waals surface area contributed by atoms with Crippen molar-refractivity contribution in [1.82, 2.24) is 4.31 Å². The molecule has 8 heteroatoms. The standard InChI is InChI=1S/C18H22ClN3O3S/c1-13(16-6-4-5-7-17(16)19)20-12-18(23)21-14-8-10-15(11-9-14)26(24,25)22(2)3/h4-11,13,20H,12H2,1-3H3,(H,21,23)/p+1/t13-/m1/s1. The number of hydrogen-bond acceptors (Lipinski definition) is 3. The van der Waals surface area contributed by atoms with Crippen molar-refractivity contribution < 1.29 is 18.5 Å². The van der Waals surface area contributed by atoms with Crippen molar-refractivity contribution in [2.24, 2.45) is 0 Å². The zero-order valence-corrected chi connectivity index (χ0v) is 16.5. The number of anilines is 1. The second kappa shape index (κ2) is 8.64. The number of carbonyl (C=O) groups is 1. The van der Waals surface area contributed by atoms with Crippen LogP contribution in [-0.4, -0.2) is 39.3 Å². The highest BCUT2D eigenvalue weighted by Crippen LogP contribution is 2.19. The summed E-state index contributed by atoms with van der Waals surface area (Å²) in [6.07, 6.45) is 0. The molecule has 3 N–H and O–H groups in total. The number of carbonyl (C=O) groups excluding carboxylic acids is 1. The first-order chi connectivity index (χ1) is 12.2. The molecule has 0 saturated heterocycles. The van der Waals surface area contributed by atoms with Crippen LogP contribution in [0, 0.1) is 0 Å². The average molecular weight is 397 g/mol. The zero-order valence-electron chi connectivity index (χ0n) is 14.9. The third-order valence-corrected chi connectivity index (χ3v) is 6.14. The summed E-state index contributed by atoms with van der Waals surface area (Å²) >= 11 is 6.16. The van der Waals surface area contributed by atoms with Crippen molar-refractivity contribution in [1.29, 1.82) is 0 Å². The number of rotatable bonds is 7. The number of sulfonamides is 1. The van der Waals surface area contributed by atoms with Gasteiger partial charge in [-0.25, -0.2) is 12.7 Å². The first-order valence-corrected chi connectivity index (χ1v) is 9.94. The van der Waals surface area contributed by atoms with Gasteiger partial charge in [0, 0.05) is 30.4 Å². The lowest BCUT2D eigenvalue weighted by molar-refractivity contribution is -0.682. The van der Waals surface area contributed by atoms with Gasteiger partial charge in [0.2, 0.25) is 10.0 Å². The summed E-state index contributed by atoms with van der Waals surface area (Å²) in [6.45, 7) is 2.21. The lowest BCUT2D eigenvalue weighted by atomic mass is 10.1. The molecule has 0 unspecified atom stereocenters. The van der Waals surface area contributed by atoms with Crippen molar-refractivity contribution in [3.8, 4) is 0 Å². The van der Waals surface area contributed by atoms with Crippen LogP contribution in [0.5, 0.6) is 0 Å². The molecule has 1 atom stereocenters. The van der Waals surface area contributed by atoms with Crippen LogP contribution in [0.3, 0.4) is 0 Å². The van der Waals surface area contributed by atoms with E-state index in [1.54, 1.807) is 12.1 Å². The molecule has 0 radical (unpaired) electrons. The van der Waals surface area contributed by atoms with E-state index in [1.807, 2.05) is 36.5 Å². The Hall–Kier alpha value is -1.93. The Morgan fingerprint density at radius 1 is 1.15 bits per heavy atom. The molecule has 0 spiro atoms. The van der Waals surface area contributed by atoms with Gasteiger partial charge < -0.3 is 10.6 Å². The lowest BCUT2D eigenvalue weighted by Crippen LogP contribution is -2.86. The van der Waals surface area contributed by atoms with Gasteiger partial charge in [0.05, 0.1) is 4.90 Å². The molecule has 0 bridgehead atoms. The van der Waals surface area contributed by atoms with Gasteiger partial charge in [0.15, 0.2) is 6.54 Å². The van der Waals surface area contributed by atoms with Gasteiger partial charge >= 0.3 is 0 Å². The van der Waals surface area contributed by atoms with Crippen molar-refractivity contribution in [2.75, 3.05) is 26.0 Å². The minimum Gasteiger partial charge on any atom is -0.332 e. The van der Waals surface area contributed by atoms with Crippen molar-refractivity contribution >= 4 is 33.2 Å².